The predicted octanol–water partition coefficient (Wildman–Crippen LogP) is 1.47. The average molecular weight is 310 g/mol. The molecule has 7 nitrogen and oxygen atoms in total. The van der Waals surface area contributed by atoms with Gasteiger partial charge in [-0.3, -0.25) is 8.97 Å². The number of fused-ring (bicyclic) bond motifs is 1. The summed E-state index contributed by atoms with van der Waals surface area (Å²) in [5.41, 5.74) is 6.53. The Morgan fingerprint density at radius 3 is 3.05 bits per heavy atom. The standard InChI is InChI=1S/C11H14N6OS2/c1-6(2)17-9(18)14-15-11(17)20-8-7(5-12)16-3-4-19-10(16)13-8/h3-4,6H,5,12H2,1-2H3,(H,14,18). The van der Waals surface area contributed by atoms with Crippen molar-refractivity contribution in [3.8, 4) is 0 Å². The summed E-state index contributed by atoms with van der Waals surface area (Å²) >= 11 is 2.91. The van der Waals surface area contributed by atoms with E-state index in [0.717, 1.165) is 15.7 Å². The van der Waals surface area contributed by atoms with Crippen molar-refractivity contribution >= 4 is 28.1 Å². The van der Waals surface area contributed by atoms with Crippen molar-refractivity contribution in [2.24, 2.45) is 5.73 Å². The number of aromatic nitrogens is 5. The molecule has 3 rings (SSSR count). The van der Waals surface area contributed by atoms with Crippen LogP contribution in [0.25, 0.3) is 4.96 Å². The summed E-state index contributed by atoms with van der Waals surface area (Å²) in [4.78, 5) is 17.2. The van der Waals surface area contributed by atoms with Crippen LogP contribution >= 0.6 is 23.1 Å². The van der Waals surface area contributed by atoms with Crippen molar-refractivity contribution in [1.29, 1.82) is 0 Å². The summed E-state index contributed by atoms with van der Waals surface area (Å²) in [6.07, 6.45) is 1.94. The molecule has 0 aromatic carbocycles. The SMILES string of the molecule is CC(C)n1c(Sc2nc3sccn3c2CN)n[nH]c1=O. The van der Waals surface area contributed by atoms with Crippen LogP contribution in [-0.4, -0.2) is 24.1 Å². The van der Waals surface area contributed by atoms with Gasteiger partial charge in [0.2, 0.25) is 0 Å². The molecule has 106 valence electrons. The zero-order valence-corrected chi connectivity index (χ0v) is 12.7. The Kier molecular flexibility index (Phi) is 3.40. The van der Waals surface area contributed by atoms with E-state index in [1.54, 1.807) is 15.9 Å². The summed E-state index contributed by atoms with van der Waals surface area (Å²) in [7, 11) is 0. The highest BCUT2D eigenvalue weighted by Crippen LogP contribution is 2.30. The molecule has 3 aromatic rings. The van der Waals surface area contributed by atoms with Crippen molar-refractivity contribution in [3.05, 3.63) is 27.8 Å². The van der Waals surface area contributed by atoms with Gasteiger partial charge < -0.3 is 5.73 Å². The van der Waals surface area contributed by atoms with Crippen LogP contribution in [0.1, 0.15) is 25.6 Å². The predicted molar refractivity (Wildman–Crippen MR) is 78.3 cm³/mol. The molecule has 9 heteroatoms. The van der Waals surface area contributed by atoms with Gasteiger partial charge in [-0.25, -0.2) is 14.9 Å². The quantitative estimate of drug-likeness (QED) is 0.761. The second-order valence-electron chi connectivity index (χ2n) is 4.50. The summed E-state index contributed by atoms with van der Waals surface area (Å²) in [6.45, 7) is 4.27. The number of aromatic amines is 1. The maximum absolute atomic E-state index is 11.7. The largest absolute Gasteiger partial charge is 0.344 e. The molecule has 0 amide bonds. The number of nitrogens with zero attached hydrogens (tertiary/aromatic N) is 4. The van der Waals surface area contributed by atoms with E-state index in [2.05, 4.69) is 15.2 Å². The Morgan fingerprint density at radius 2 is 2.35 bits per heavy atom. The van der Waals surface area contributed by atoms with E-state index in [9.17, 15) is 4.79 Å². The Bertz CT molecular complexity index is 795. The number of hydrogen-bond donors (Lipinski definition) is 2. The van der Waals surface area contributed by atoms with Crippen LogP contribution in [0.5, 0.6) is 0 Å². The van der Waals surface area contributed by atoms with Gasteiger partial charge in [-0.2, -0.15) is 0 Å². The highest BCUT2D eigenvalue weighted by Gasteiger charge is 2.18. The summed E-state index contributed by atoms with van der Waals surface area (Å²) < 4.78 is 3.58. The fourth-order valence-electron chi connectivity index (χ4n) is 1.98. The molecule has 0 unspecified atom stereocenters. The molecule has 20 heavy (non-hydrogen) atoms. The number of nitrogens with one attached hydrogen (secondary N) is 1. The van der Waals surface area contributed by atoms with E-state index < -0.39 is 0 Å². The molecule has 0 radical (unpaired) electrons. The summed E-state index contributed by atoms with van der Waals surface area (Å²) in [6, 6.07) is 0.0359. The molecular formula is C11H14N6OS2. The molecule has 0 saturated heterocycles. The maximum Gasteiger partial charge on any atom is 0.344 e. The number of imidazole rings is 1. The number of thiazole rings is 1. The Labute approximate surface area is 122 Å². The maximum atomic E-state index is 11.7. The highest BCUT2D eigenvalue weighted by molar-refractivity contribution is 7.99. The smallest absolute Gasteiger partial charge is 0.325 e. The van der Waals surface area contributed by atoms with Crippen LogP contribution in [-0.2, 0) is 6.54 Å². The zero-order chi connectivity index (χ0) is 14.3. The van der Waals surface area contributed by atoms with Crippen LogP contribution in [0.2, 0.25) is 0 Å². The van der Waals surface area contributed by atoms with E-state index in [0.29, 0.717) is 11.7 Å². The van der Waals surface area contributed by atoms with Crippen molar-refractivity contribution in [3.63, 3.8) is 0 Å². The van der Waals surface area contributed by atoms with Gasteiger partial charge >= 0.3 is 5.69 Å². The van der Waals surface area contributed by atoms with E-state index in [1.807, 2.05) is 29.8 Å². The van der Waals surface area contributed by atoms with Crippen LogP contribution in [0.15, 0.2) is 26.6 Å². The average Bonchev–Trinajstić information content (AvgIpc) is 3.04. The monoisotopic (exact) mass is 310 g/mol. The third-order valence-corrected chi connectivity index (χ3v) is 4.64. The minimum atomic E-state index is -0.210. The number of H-pyrrole nitrogens is 1. The minimum absolute atomic E-state index is 0.0359. The minimum Gasteiger partial charge on any atom is -0.325 e. The lowest BCUT2D eigenvalue weighted by Gasteiger charge is -2.07. The third kappa shape index (κ3) is 2.07. The zero-order valence-electron chi connectivity index (χ0n) is 11.0. The lowest BCUT2D eigenvalue weighted by atomic mass is 10.4. The molecule has 0 spiro atoms. The molecule has 3 heterocycles. The normalized spacial score (nSPS) is 11.8. The van der Waals surface area contributed by atoms with Gasteiger partial charge in [0.05, 0.1) is 5.69 Å². The van der Waals surface area contributed by atoms with Gasteiger partial charge in [-0.15, -0.1) is 16.4 Å². The molecule has 0 aliphatic carbocycles. The van der Waals surface area contributed by atoms with Gasteiger partial charge in [0.1, 0.15) is 5.03 Å². The van der Waals surface area contributed by atoms with Crippen LogP contribution in [0, 0.1) is 0 Å². The van der Waals surface area contributed by atoms with Crippen LogP contribution in [0.3, 0.4) is 0 Å². The first-order valence-corrected chi connectivity index (χ1v) is 7.80. The van der Waals surface area contributed by atoms with Crippen LogP contribution in [0.4, 0.5) is 0 Å². The third-order valence-electron chi connectivity index (χ3n) is 2.89. The fourth-order valence-corrected chi connectivity index (χ4v) is 3.86. The van der Waals surface area contributed by atoms with E-state index in [4.69, 9.17) is 5.73 Å². The second kappa shape index (κ2) is 5.08. The van der Waals surface area contributed by atoms with Crippen molar-refractivity contribution in [2.45, 2.75) is 36.6 Å². The Morgan fingerprint density at radius 1 is 1.55 bits per heavy atom. The second-order valence-corrected chi connectivity index (χ2v) is 6.33. The molecular weight excluding hydrogens is 296 g/mol. The first-order chi connectivity index (χ1) is 9.61. The lowest BCUT2D eigenvalue weighted by Crippen LogP contribution is -2.19. The molecule has 0 bridgehead atoms. The number of rotatable bonds is 4. The van der Waals surface area contributed by atoms with Gasteiger partial charge in [0.25, 0.3) is 0 Å². The van der Waals surface area contributed by atoms with Gasteiger partial charge in [-0.05, 0) is 25.6 Å². The Balaban J connectivity index is 2.05. The van der Waals surface area contributed by atoms with Gasteiger partial charge in [0.15, 0.2) is 10.1 Å². The molecule has 3 N–H and O–H groups in total. The molecule has 3 aromatic heterocycles. The molecule has 0 aliphatic heterocycles. The topological polar surface area (TPSA) is 94.0 Å². The van der Waals surface area contributed by atoms with Gasteiger partial charge in [-0.1, -0.05) is 0 Å². The van der Waals surface area contributed by atoms with Crippen molar-refractivity contribution < 1.29 is 0 Å². The van der Waals surface area contributed by atoms with Crippen molar-refractivity contribution in [1.82, 2.24) is 24.1 Å². The van der Waals surface area contributed by atoms with Crippen molar-refractivity contribution in [2.75, 3.05) is 0 Å². The number of hydrogen-bond acceptors (Lipinski definition) is 6. The fraction of sp³-hybridized carbons (Fsp3) is 0.364. The van der Waals surface area contributed by atoms with Gasteiger partial charge in [0, 0.05) is 24.2 Å². The van der Waals surface area contributed by atoms with E-state index in [-0.39, 0.29) is 11.7 Å². The first-order valence-electron chi connectivity index (χ1n) is 6.11. The lowest BCUT2D eigenvalue weighted by molar-refractivity contribution is 0.534. The van der Waals surface area contributed by atoms with E-state index >= 15 is 0 Å². The van der Waals surface area contributed by atoms with E-state index in [1.165, 1.54) is 11.8 Å². The molecule has 0 aliphatic rings. The molecule has 0 atom stereocenters. The Hall–Kier alpha value is -1.58. The molecule has 0 fully saturated rings. The first kappa shape index (κ1) is 13.4. The highest BCUT2D eigenvalue weighted by atomic mass is 32.2. The summed E-state index contributed by atoms with van der Waals surface area (Å²) in [5.74, 6) is 0. The number of nitrogens with two attached hydrogens (primary N) is 1. The van der Waals surface area contributed by atoms with Crippen LogP contribution < -0.4 is 11.4 Å². The molecule has 0 saturated carbocycles. The summed E-state index contributed by atoms with van der Waals surface area (Å²) in [5, 5.41) is 9.90.